The maximum absolute atomic E-state index is 12.8. The molecular formula is C11H13F2NO2. The number of benzene rings is 1. The molecule has 5 heteroatoms. The summed E-state index contributed by atoms with van der Waals surface area (Å²) < 4.78 is 34.2. The van der Waals surface area contributed by atoms with Crippen LogP contribution < -0.4 is 15.2 Å². The average molecular weight is 229 g/mol. The largest absolute Gasteiger partial charge is 0.586 e. The first kappa shape index (κ1) is 11.1. The molecule has 1 atom stereocenters. The van der Waals surface area contributed by atoms with Crippen molar-refractivity contribution in [1.82, 2.24) is 0 Å². The van der Waals surface area contributed by atoms with Gasteiger partial charge in [0, 0.05) is 0 Å². The van der Waals surface area contributed by atoms with E-state index >= 15 is 0 Å². The average Bonchev–Trinajstić information content (AvgIpc) is 2.53. The Morgan fingerprint density at radius 2 is 2.00 bits per heavy atom. The highest BCUT2D eigenvalue weighted by Gasteiger charge is 2.43. The summed E-state index contributed by atoms with van der Waals surface area (Å²) >= 11 is 0. The van der Waals surface area contributed by atoms with Gasteiger partial charge in [-0.2, -0.15) is 0 Å². The summed E-state index contributed by atoms with van der Waals surface area (Å²) in [6.07, 6.45) is -2.70. The zero-order chi connectivity index (χ0) is 11.8. The smallest absolute Gasteiger partial charge is 0.395 e. The van der Waals surface area contributed by atoms with Crippen LogP contribution in [0.3, 0.4) is 0 Å². The first-order valence-electron chi connectivity index (χ1n) is 5.15. The number of hydrogen-bond acceptors (Lipinski definition) is 3. The highest BCUT2D eigenvalue weighted by Crippen LogP contribution is 2.42. The van der Waals surface area contributed by atoms with Gasteiger partial charge in [-0.25, -0.2) is 0 Å². The molecule has 2 N–H and O–H groups in total. The Hall–Kier alpha value is -1.36. The molecule has 0 saturated heterocycles. The quantitative estimate of drug-likeness (QED) is 0.865. The lowest BCUT2D eigenvalue weighted by molar-refractivity contribution is -0.286. The molecule has 1 aromatic rings. The summed E-state index contributed by atoms with van der Waals surface area (Å²) in [6, 6.07) is 4.80. The van der Waals surface area contributed by atoms with Crippen LogP contribution in [0.1, 0.15) is 24.8 Å². The van der Waals surface area contributed by atoms with E-state index < -0.39 is 6.29 Å². The summed E-state index contributed by atoms with van der Waals surface area (Å²) in [4.78, 5) is 0. The van der Waals surface area contributed by atoms with Crippen LogP contribution in [0.5, 0.6) is 11.5 Å². The summed E-state index contributed by atoms with van der Waals surface area (Å²) in [6.45, 7) is 2.48. The van der Waals surface area contributed by atoms with Crippen molar-refractivity contribution in [1.29, 1.82) is 0 Å². The summed E-state index contributed by atoms with van der Waals surface area (Å²) in [5.41, 5.74) is 6.49. The minimum absolute atomic E-state index is 0.0700. The van der Waals surface area contributed by atoms with Crippen LogP contribution in [0.4, 0.5) is 8.78 Å². The highest BCUT2D eigenvalue weighted by atomic mass is 19.3. The summed E-state index contributed by atoms with van der Waals surface area (Å²) in [5, 5.41) is 0. The van der Waals surface area contributed by atoms with Gasteiger partial charge in [-0.05, 0) is 36.6 Å². The van der Waals surface area contributed by atoms with Crippen LogP contribution >= 0.6 is 0 Å². The molecule has 0 fully saturated rings. The van der Waals surface area contributed by atoms with Crippen molar-refractivity contribution in [3.8, 4) is 11.5 Å². The van der Waals surface area contributed by atoms with Gasteiger partial charge in [0.2, 0.25) is 0 Å². The van der Waals surface area contributed by atoms with Crippen LogP contribution in [-0.4, -0.2) is 12.8 Å². The van der Waals surface area contributed by atoms with Crippen molar-refractivity contribution in [3.05, 3.63) is 23.8 Å². The fourth-order valence-corrected chi connectivity index (χ4v) is 1.76. The Bertz CT molecular complexity index is 392. The molecule has 0 spiro atoms. The van der Waals surface area contributed by atoms with Crippen molar-refractivity contribution in [2.75, 3.05) is 6.54 Å². The zero-order valence-electron chi connectivity index (χ0n) is 8.87. The summed E-state index contributed by atoms with van der Waals surface area (Å²) in [7, 11) is 0. The van der Waals surface area contributed by atoms with Crippen LogP contribution in [0, 0.1) is 0 Å². The lowest BCUT2D eigenvalue weighted by atomic mass is 9.96. The van der Waals surface area contributed by atoms with Gasteiger partial charge in [-0.3, -0.25) is 0 Å². The lowest BCUT2D eigenvalue weighted by Gasteiger charge is -2.12. The minimum atomic E-state index is -3.55. The molecule has 88 valence electrons. The molecule has 0 amide bonds. The molecule has 1 unspecified atom stereocenters. The predicted octanol–water partition coefficient (Wildman–Crippen LogP) is 2.46. The molecule has 0 aromatic heterocycles. The molecular weight excluding hydrogens is 216 g/mol. The number of halogens is 2. The fourth-order valence-electron chi connectivity index (χ4n) is 1.76. The molecule has 3 nitrogen and oxygen atoms in total. The molecule has 0 aliphatic carbocycles. The molecule has 2 rings (SSSR count). The van der Waals surface area contributed by atoms with E-state index in [2.05, 4.69) is 9.47 Å². The third-order valence-electron chi connectivity index (χ3n) is 2.67. The number of ether oxygens (including phenoxy) is 2. The number of alkyl halides is 2. The standard InChI is InChI=1S/C11H13F2NO2/c1-2-7(6-14)8-3-4-9-10(5-8)16-11(12,13)15-9/h3-5,7H,2,6,14H2,1H3. The third kappa shape index (κ3) is 1.95. The second kappa shape index (κ2) is 3.90. The van der Waals surface area contributed by atoms with Crippen molar-refractivity contribution >= 4 is 0 Å². The molecule has 0 bridgehead atoms. The van der Waals surface area contributed by atoms with E-state index in [0.717, 1.165) is 12.0 Å². The van der Waals surface area contributed by atoms with E-state index in [1.807, 2.05) is 6.92 Å². The maximum Gasteiger partial charge on any atom is 0.586 e. The predicted molar refractivity (Wildman–Crippen MR) is 54.7 cm³/mol. The van der Waals surface area contributed by atoms with Gasteiger partial charge < -0.3 is 15.2 Å². The Morgan fingerprint density at radius 3 is 2.62 bits per heavy atom. The van der Waals surface area contributed by atoms with Gasteiger partial charge in [0.15, 0.2) is 11.5 Å². The molecule has 1 aliphatic rings. The number of rotatable bonds is 3. The molecule has 1 heterocycles. The van der Waals surface area contributed by atoms with E-state index in [1.165, 1.54) is 6.07 Å². The molecule has 1 aliphatic heterocycles. The van der Waals surface area contributed by atoms with Crippen LogP contribution in [0.2, 0.25) is 0 Å². The van der Waals surface area contributed by atoms with Gasteiger partial charge >= 0.3 is 6.29 Å². The van der Waals surface area contributed by atoms with Gasteiger partial charge in [0.05, 0.1) is 0 Å². The van der Waals surface area contributed by atoms with Gasteiger partial charge in [0.1, 0.15) is 0 Å². The summed E-state index contributed by atoms with van der Waals surface area (Å²) in [5.74, 6) is 0.304. The maximum atomic E-state index is 12.8. The number of fused-ring (bicyclic) bond motifs is 1. The van der Waals surface area contributed by atoms with Crippen LogP contribution in [0.25, 0.3) is 0 Å². The normalized spacial score (nSPS) is 18.5. The monoisotopic (exact) mass is 229 g/mol. The second-order valence-electron chi connectivity index (χ2n) is 3.71. The SMILES string of the molecule is CCC(CN)c1ccc2c(c1)OC(F)(F)O2. The zero-order valence-corrected chi connectivity index (χ0v) is 8.87. The van der Waals surface area contributed by atoms with Crippen molar-refractivity contribution in [3.63, 3.8) is 0 Å². The lowest BCUT2D eigenvalue weighted by Crippen LogP contribution is -2.25. The third-order valence-corrected chi connectivity index (χ3v) is 2.67. The molecule has 0 saturated carbocycles. The van der Waals surface area contributed by atoms with E-state index in [1.54, 1.807) is 12.1 Å². The van der Waals surface area contributed by atoms with Crippen LogP contribution in [0.15, 0.2) is 18.2 Å². The van der Waals surface area contributed by atoms with Gasteiger partial charge in [-0.15, -0.1) is 8.78 Å². The van der Waals surface area contributed by atoms with Crippen molar-refractivity contribution in [2.24, 2.45) is 5.73 Å². The topological polar surface area (TPSA) is 44.5 Å². The fraction of sp³-hybridized carbons (Fsp3) is 0.455. The second-order valence-corrected chi connectivity index (χ2v) is 3.71. The Labute approximate surface area is 92.1 Å². The number of nitrogens with two attached hydrogens (primary N) is 1. The van der Waals surface area contributed by atoms with E-state index in [9.17, 15) is 8.78 Å². The van der Waals surface area contributed by atoms with Crippen molar-refractivity contribution < 1.29 is 18.3 Å². The highest BCUT2D eigenvalue weighted by molar-refractivity contribution is 5.46. The molecule has 1 aromatic carbocycles. The molecule has 0 radical (unpaired) electrons. The molecule has 16 heavy (non-hydrogen) atoms. The van der Waals surface area contributed by atoms with E-state index in [4.69, 9.17) is 5.73 Å². The Kier molecular flexibility index (Phi) is 2.71. The first-order chi connectivity index (χ1) is 7.55. The Balaban J connectivity index is 2.28. The van der Waals surface area contributed by atoms with Crippen LogP contribution in [-0.2, 0) is 0 Å². The van der Waals surface area contributed by atoms with Gasteiger partial charge in [0.25, 0.3) is 0 Å². The first-order valence-corrected chi connectivity index (χ1v) is 5.15. The van der Waals surface area contributed by atoms with Crippen molar-refractivity contribution in [2.45, 2.75) is 25.6 Å². The van der Waals surface area contributed by atoms with E-state index in [-0.39, 0.29) is 17.4 Å². The Morgan fingerprint density at radius 1 is 1.31 bits per heavy atom. The van der Waals surface area contributed by atoms with Gasteiger partial charge in [-0.1, -0.05) is 13.0 Å². The minimum Gasteiger partial charge on any atom is -0.395 e. The number of hydrogen-bond donors (Lipinski definition) is 1. The van der Waals surface area contributed by atoms with E-state index in [0.29, 0.717) is 6.54 Å².